The molecule has 0 fully saturated rings. The topological polar surface area (TPSA) is 121 Å². The molecule has 0 saturated heterocycles. The molecule has 0 bridgehead atoms. The number of nitrogen functional groups attached to an aromatic ring is 2. The van der Waals surface area contributed by atoms with Crippen LogP contribution in [0.15, 0.2) is 42.9 Å². The summed E-state index contributed by atoms with van der Waals surface area (Å²) < 4.78 is 16.8. The second kappa shape index (κ2) is 7.34. The Morgan fingerprint density at radius 2 is 1.97 bits per heavy atom. The van der Waals surface area contributed by atoms with Crippen LogP contribution in [-0.4, -0.2) is 24.5 Å². The van der Waals surface area contributed by atoms with Crippen LogP contribution in [0.5, 0.6) is 0 Å². The van der Waals surface area contributed by atoms with Gasteiger partial charge in [-0.25, -0.2) is 19.3 Å². The molecule has 148 valence electrons. The molecule has 0 spiro atoms. The maximum absolute atomic E-state index is 14.8. The lowest BCUT2D eigenvalue weighted by molar-refractivity contribution is 0.629. The van der Waals surface area contributed by atoms with Crippen LogP contribution in [0.1, 0.15) is 25.7 Å². The fraction of sp³-hybridized carbons (Fsp3) is 0.200. The number of nitrogens with one attached hydrogen (secondary N) is 1. The largest absolute Gasteiger partial charge is 0.393 e. The number of fused-ring (bicyclic) bond motifs is 1. The third kappa shape index (κ3) is 3.20. The van der Waals surface area contributed by atoms with Crippen molar-refractivity contribution in [3.63, 3.8) is 0 Å². The normalized spacial score (nSPS) is 12.2. The summed E-state index contributed by atoms with van der Waals surface area (Å²) in [6.07, 6.45) is 2.99. The summed E-state index contributed by atoms with van der Waals surface area (Å²) in [6.45, 7) is 4.52. The summed E-state index contributed by atoms with van der Waals surface area (Å²) in [7, 11) is 0. The summed E-state index contributed by atoms with van der Waals surface area (Å²) >= 11 is 0. The Hall–Kier alpha value is -3.75. The minimum absolute atomic E-state index is 0.207. The summed E-state index contributed by atoms with van der Waals surface area (Å²) in [5, 5.41) is 3.23. The van der Waals surface area contributed by atoms with Gasteiger partial charge in [0.15, 0.2) is 11.6 Å². The number of pyridine rings is 1. The second-order valence-electron chi connectivity index (χ2n) is 6.61. The van der Waals surface area contributed by atoms with E-state index in [1.165, 1.54) is 12.4 Å². The lowest BCUT2D eigenvalue weighted by Crippen LogP contribution is -2.16. The van der Waals surface area contributed by atoms with Crippen LogP contribution < -0.4 is 16.8 Å². The predicted molar refractivity (Wildman–Crippen MR) is 111 cm³/mol. The van der Waals surface area contributed by atoms with Crippen LogP contribution in [-0.2, 0) is 6.54 Å². The SMILES string of the molecule is CCn1c([C@H](C)Nc2ncnc(N)c2N)nc2ccc(F)c(-c3ccccn3)c21. The molecule has 0 aliphatic heterocycles. The Morgan fingerprint density at radius 3 is 2.69 bits per heavy atom. The first-order valence-corrected chi connectivity index (χ1v) is 9.23. The van der Waals surface area contributed by atoms with Gasteiger partial charge in [0, 0.05) is 12.7 Å². The van der Waals surface area contributed by atoms with E-state index in [9.17, 15) is 4.39 Å². The summed E-state index contributed by atoms with van der Waals surface area (Å²) in [5.74, 6) is 1.02. The van der Waals surface area contributed by atoms with Crippen molar-refractivity contribution in [3.05, 3.63) is 54.5 Å². The van der Waals surface area contributed by atoms with Crippen molar-refractivity contribution in [3.8, 4) is 11.3 Å². The molecule has 0 saturated carbocycles. The van der Waals surface area contributed by atoms with Crippen molar-refractivity contribution in [1.82, 2.24) is 24.5 Å². The third-order valence-corrected chi connectivity index (χ3v) is 4.78. The Morgan fingerprint density at radius 1 is 1.14 bits per heavy atom. The zero-order chi connectivity index (χ0) is 20.5. The van der Waals surface area contributed by atoms with Crippen molar-refractivity contribution >= 4 is 28.4 Å². The van der Waals surface area contributed by atoms with Crippen molar-refractivity contribution in [2.24, 2.45) is 0 Å². The van der Waals surface area contributed by atoms with Gasteiger partial charge in [0.25, 0.3) is 0 Å². The smallest absolute Gasteiger partial charge is 0.155 e. The second-order valence-corrected chi connectivity index (χ2v) is 6.61. The van der Waals surface area contributed by atoms with Crippen LogP contribution >= 0.6 is 0 Å². The molecule has 4 aromatic rings. The maximum Gasteiger partial charge on any atom is 0.155 e. The number of imidazole rings is 1. The number of hydrogen-bond acceptors (Lipinski definition) is 7. The first-order valence-electron chi connectivity index (χ1n) is 9.23. The highest BCUT2D eigenvalue weighted by molar-refractivity contribution is 5.92. The number of hydrogen-bond donors (Lipinski definition) is 3. The third-order valence-electron chi connectivity index (χ3n) is 4.78. The van der Waals surface area contributed by atoms with E-state index < -0.39 is 0 Å². The molecule has 1 atom stereocenters. The van der Waals surface area contributed by atoms with Crippen molar-refractivity contribution in [2.75, 3.05) is 16.8 Å². The van der Waals surface area contributed by atoms with Crippen LogP contribution in [0.4, 0.5) is 21.7 Å². The minimum Gasteiger partial charge on any atom is -0.393 e. The zero-order valence-electron chi connectivity index (χ0n) is 16.1. The molecule has 1 aromatic carbocycles. The van der Waals surface area contributed by atoms with Crippen molar-refractivity contribution in [2.45, 2.75) is 26.4 Å². The van der Waals surface area contributed by atoms with Gasteiger partial charge in [-0.15, -0.1) is 0 Å². The van der Waals surface area contributed by atoms with Crippen LogP contribution in [0.3, 0.4) is 0 Å². The Labute approximate surface area is 166 Å². The van der Waals surface area contributed by atoms with Gasteiger partial charge in [-0.2, -0.15) is 0 Å². The van der Waals surface area contributed by atoms with Crippen molar-refractivity contribution < 1.29 is 4.39 Å². The molecular weight excluding hydrogens is 371 g/mol. The number of aryl methyl sites for hydroxylation is 1. The van der Waals surface area contributed by atoms with E-state index in [0.717, 1.165) is 5.82 Å². The first-order chi connectivity index (χ1) is 14.0. The van der Waals surface area contributed by atoms with Gasteiger partial charge >= 0.3 is 0 Å². The van der Waals surface area contributed by atoms with Crippen LogP contribution in [0.2, 0.25) is 0 Å². The highest BCUT2D eigenvalue weighted by Crippen LogP contribution is 2.33. The van der Waals surface area contributed by atoms with E-state index in [4.69, 9.17) is 16.5 Å². The highest BCUT2D eigenvalue weighted by Gasteiger charge is 2.22. The number of halogens is 1. The van der Waals surface area contributed by atoms with Gasteiger partial charge in [-0.1, -0.05) is 6.07 Å². The maximum atomic E-state index is 14.8. The van der Waals surface area contributed by atoms with Crippen LogP contribution in [0.25, 0.3) is 22.3 Å². The monoisotopic (exact) mass is 392 g/mol. The fourth-order valence-corrected chi connectivity index (χ4v) is 3.42. The van der Waals surface area contributed by atoms with Gasteiger partial charge in [-0.05, 0) is 38.1 Å². The molecule has 9 heteroatoms. The average Bonchev–Trinajstić information content (AvgIpc) is 3.10. The molecule has 0 amide bonds. The summed E-state index contributed by atoms with van der Waals surface area (Å²) in [5.41, 5.74) is 14.4. The van der Waals surface area contributed by atoms with E-state index in [1.807, 2.05) is 24.5 Å². The standard InChI is InChI=1S/C20H21FN8/c1-3-29-17-14(8-7-12(21)15(17)13-6-4-5-9-24-13)28-20(29)11(2)27-19-16(22)18(23)25-10-26-19/h4-11H,3,22H2,1-2H3,(H3,23,25,26,27)/t11-/m0/s1. The van der Waals surface area contributed by atoms with E-state index in [1.54, 1.807) is 24.4 Å². The molecule has 5 N–H and O–H groups in total. The summed E-state index contributed by atoms with van der Waals surface area (Å²) in [4.78, 5) is 17.1. The van der Waals surface area contributed by atoms with Crippen molar-refractivity contribution in [1.29, 1.82) is 0 Å². The highest BCUT2D eigenvalue weighted by atomic mass is 19.1. The van der Waals surface area contributed by atoms with Gasteiger partial charge in [0.2, 0.25) is 0 Å². The van der Waals surface area contributed by atoms with Gasteiger partial charge in [0.1, 0.15) is 23.7 Å². The number of benzene rings is 1. The first kappa shape index (κ1) is 18.6. The fourth-order valence-electron chi connectivity index (χ4n) is 3.42. The molecule has 0 aliphatic carbocycles. The van der Waals surface area contributed by atoms with E-state index in [2.05, 4.69) is 20.3 Å². The summed E-state index contributed by atoms with van der Waals surface area (Å²) in [6, 6.07) is 8.25. The average molecular weight is 392 g/mol. The van der Waals surface area contributed by atoms with E-state index >= 15 is 0 Å². The Bertz CT molecular complexity index is 1170. The molecule has 8 nitrogen and oxygen atoms in total. The van der Waals surface area contributed by atoms with Gasteiger partial charge in [0.05, 0.1) is 28.3 Å². The van der Waals surface area contributed by atoms with Gasteiger partial charge in [-0.3, -0.25) is 4.98 Å². The molecule has 4 rings (SSSR count). The molecule has 3 heterocycles. The van der Waals surface area contributed by atoms with Gasteiger partial charge < -0.3 is 21.4 Å². The van der Waals surface area contributed by atoms with E-state index in [0.29, 0.717) is 34.7 Å². The predicted octanol–water partition coefficient (Wildman–Crippen LogP) is 3.38. The van der Waals surface area contributed by atoms with Crippen LogP contribution in [0, 0.1) is 5.82 Å². The van der Waals surface area contributed by atoms with E-state index in [-0.39, 0.29) is 23.4 Å². The molecular formula is C20H21FN8. The lowest BCUT2D eigenvalue weighted by atomic mass is 10.1. The number of nitrogens with two attached hydrogens (primary N) is 2. The Balaban J connectivity index is 1.85. The molecule has 0 unspecified atom stereocenters. The molecule has 0 radical (unpaired) electrons. The number of aromatic nitrogens is 5. The Kier molecular flexibility index (Phi) is 4.71. The molecule has 0 aliphatic rings. The zero-order valence-corrected chi connectivity index (χ0v) is 16.1. The molecule has 3 aromatic heterocycles. The minimum atomic E-state index is -0.342. The number of anilines is 3. The lowest BCUT2D eigenvalue weighted by Gasteiger charge is -2.17. The number of nitrogens with zero attached hydrogens (tertiary/aromatic N) is 5. The molecule has 29 heavy (non-hydrogen) atoms. The number of rotatable bonds is 5. The quantitative estimate of drug-likeness (QED) is 0.476.